The Kier molecular flexibility index (Phi) is 6.80. The SMILES string of the molecule is O=C(NCCc1ccc(Cl)cc1)C(NS(=O)(=O)c1cccc2nsnc12)c1ccccc1. The highest BCUT2D eigenvalue weighted by Crippen LogP contribution is 2.23. The summed E-state index contributed by atoms with van der Waals surface area (Å²) in [6.07, 6.45) is 0.584. The van der Waals surface area contributed by atoms with E-state index in [4.69, 9.17) is 11.6 Å². The average molecular weight is 487 g/mol. The van der Waals surface area contributed by atoms with E-state index < -0.39 is 22.0 Å². The van der Waals surface area contributed by atoms with Crippen LogP contribution in [0, 0.1) is 0 Å². The Morgan fingerprint density at radius 1 is 0.969 bits per heavy atom. The van der Waals surface area contributed by atoms with Gasteiger partial charge >= 0.3 is 0 Å². The van der Waals surface area contributed by atoms with Gasteiger partial charge in [-0.15, -0.1) is 0 Å². The van der Waals surface area contributed by atoms with Gasteiger partial charge in [0, 0.05) is 11.6 Å². The lowest BCUT2D eigenvalue weighted by Crippen LogP contribution is -2.41. The van der Waals surface area contributed by atoms with Crippen LogP contribution in [0.3, 0.4) is 0 Å². The maximum Gasteiger partial charge on any atom is 0.243 e. The summed E-state index contributed by atoms with van der Waals surface area (Å²) in [5, 5.41) is 3.47. The van der Waals surface area contributed by atoms with Gasteiger partial charge in [0.05, 0.1) is 11.7 Å². The Bertz CT molecular complexity index is 1330. The molecule has 0 saturated carbocycles. The summed E-state index contributed by atoms with van der Waals surface area (Å²) in [7, 11) is -4.05. The van der Waals surface area contributed by atoms with Crippen LogP contribution in [0.2, 0.25) is 5.02 Å². The molecule has 3 aromatic carbocycles. The molecule has 0 aliphatic carbocycles. The summed E-state index contributed by atoms with van der Waals surface area (Å²) in [4.78, 5) is 13.0. The molecule has 1 atom stereocenters. The van der Waals surface area contributed by atoms with Crippen molar-refractivity contribution in [2.24, 2.45) is 0 Å². The van der Waals surface area contributed by atoms with Crippen molar-refractivity contribution < 1.29 is 13.2 Å². The van der Waals surface area contributed by atoms with Crippen LogP contribution in [-0.2, 0) is 21.2 Å². The van der Waals surface area contributed by atoms with Crippen molar-refractivity contribution in [1.82, 2.24) is 18.8 Å². The number of nitrogens with one attached hydrogen (secondary N) is 2. The van der Waals surface area contributed by atoms with E-state index in [0.29, 0.717) is 29.1 Å². The van der Waals surface area contributed by atoms with Crippen LogP contribution in [0.15, 0.2) is 77.7 Å². The standard InChI is InChI=1S/C22H19ClN4O3S2/c23-17-11-9-15(10-12-17)13-14-24-22(28)20(16-5-2-1-3-6-16)27-32(29,30)19-8-4-7-18-21(19)26-31-25-18/h1-12,20,27H,13-14H2,(H,24,28). The predicted molar refractivity (Wildman–Crippen MR) is 125 cm³/mol. The molecule has 32 heavy (non-hydrogen) atoms. The van der Waals surface area contributed by atoms with E-state index in [0.717, 1.165) is 17.3 Å². The first-order valence-electron chi connectivity index (χ1n) is 9.75. The van der Waals surface area contributed by atoms with Gasteiger partial charge in [0.2, 0.25) is 15.9 Å². The van der Waals surface area contributed by atoms with Crippen LogP contribution < -0.4 is 10.0 Å². The second-order valence-corrected chi connectivity index (χ2v) is 9.67. The Hall–Kier alpha value is -2.85. The van der Waals surface area contributed by atoms with Crippen molar-refractivity contribution in [3.05, 3.63) is 88.9 Å². The zero-order valence-electron chi connectivity index (χ0n) is 16.7. The first kappa shape index (κ1) is 22.3. The zero-order chi connectivity index (χ0) is 22.6. The molecule has 1 amide bonds. The fraction of sp³-hybridized carbons (Fsp3) is 0.136. The summed E-state index contributed by atoms with van der Waals surface area (Å²) in [5.41, 5.74) is 2.31. The van der Waals surface area contributed by atoms with E-state index in [9.17, 15) is 13.2 Å². The smallest absolute Gasteiger partial charge is 0.243 e. The van der Waals surface area contributed by atoms with Crippen molar-refractivity contribution in [2.45, 2.75) is 17.4 Å². The molecular weight excluding hydrogens is 468 g/mol. The molecule has 7 nitrogen and oxygen atoms in total. The fourth-order valence-electron chi connectivity index (χ4n) is 3.22. The van der Waals surface area contributed by atoms with Crippen molar-refractivity contribution in [3.63, 3.8) is 0 Å². The number of rotatable bonds is 8. The van der Waals surface area contributed by atoms with Crippen molar-refractivity contribution in [1.29, 1.82) is 0 Å². The molecular formula is C22H19ClN4O3S2. The molecule has 0 aliphatic heterocycles. The number of hydrogen-bond donors (Lipinski definition) is 2. The molecule has 0 bridgehead atoms. The first-order valence-corrected chi connectivity index (χ1v) is 12.3. The lowest BCUT2D eigenvalue weighted by atomic mass is 10.1. The Balaban J connectivity index is 1.55. The Labute approximate surface area is 194 Å². The van der Waals surface area contributed by atoms with E-state index in [1.54, 1.807) is 54.6 Å². The van der Waals surface area contributed by atoms with Gasteiger partial charge in [0.25, 0.3) is 0 Å². The molecule has 0 saturated heterocycles. The van der Waals surface area contributed by atoms with Crippen LogP contribution >= 0.6 is 23.3 Å². The maximum atomic E-state index is 13.2. The quantitative estimate of drug-likeness (QED) is 0.395. The molecule has 0 aliphatic rings. The molecule has 10 heteroatoms. The maximum absolute atomic E-state index is 13.2. The van der Waals surface area contributed by atoms with E-state index in [-0.39, 0.29) is 10.4 Å². The number of halogens is 1. The van der Waals surface area contributed by atoms with Gasteiger partial charge in [-0.3, -0.25) is 4.79 Å². The molecule has 1 heterocycles. The predicted octanol–water partition coefficient (Wildman–Crippen LogP) is 3.72. The molecule has 1 aromatic heterocycles. The summed E-state index contributed by atoms with van der Waals surface area (Å²) >= 11 is 6.84. The highest BCUT2D eigenvalue weighted by molar-refractivity contribution is 7.89. The lowest BCUT2D eigenvalue weighted by Gasteiger charge is -2.19. The molecule has 1 unspecified atom stereocenters. The topological polar surface area (TPSA) is 101 Å². The second-order valence-electron chi connectivity index (χ2n) is 7.02. The summed E-state index contributed by atoms with van der Waals surface area (Å²) in [6.45, 7) is 0.344. The number of carbonyl (C=O) groups is 1. The van der Waals surface area contributed by atoms with Crippen molar-refractivity contribution in [2.75, 3.05) is 6.54 Å². The van der Waals surface area contributed by atoms with Gasteiger partial charge in [-0.2, -0.15) is 13.5 Å². The molecule has 4 rings (SSSR count). The summed E-state index contributed by atoms with van der Waals surface area (Å²) in [5.74, 6) is -0.447. The monoisotopic (exact) mass is 486 g/mol. The first-order chi connectivity index (χ1) is 15.4. The second kappa shape index (κ2) is 9.74. The highest BCUT2D eigenvalue weighted by atomic mass is 35.5. The molecule has 0 radical (unpaired) electrons. The number of nitrogens with zero attached hydrogens (tertiary/aromatic N) is 2. The number of amides is 1. The van der Waals surface area contributed by atoms with Gasteiger partial charge in [-0.1, -0.05) is 60.1 Å². The van der Waals surface area contributed by atoms with Crippen molar-refractivity contribution in [3.8, 4) is 0 Å². The summed E-state index contributed by atoms with van der Waals surface area (Å²) < 4.78 is 37.1. The Morgan fingerprint density at radius 2 is 1.72 bits per heavy atom. The zero-order valence-corrected chi connectivity index (χ0v) is 19.1. The van der Waals surface area contributed by atoms with Gasteiger partial charge < -0.3 is 5.32 Å². The third-order valence-electron chi connectivity index (χ3n) is 4.83. The highest BCUT2D eigenvalue weighted by Gasteiger charge is 2.29. The van der Waals surface area contributed by atoms with Crippen LogP contribution in [0.5, 0.6) is 0 Å². The molecule has 4 aromatic rings. The Morgan fingerprint density at radius 3 is 2.47 bits per heavy atom. The van der Waals surface area contributed by atoms with Crippen LogP contribution in [-0.4, -0.2) is 29.6 Å². The van der Waals surface area contributed by atoms with E-state index >= 15 is 0 Å². The van der Waals surface area contributed by atoms with Gasteiger partial charge in [-0.05, 0) is 41.8 Å². The fourth-order valence-corrected chi connectivity index (χ4v) is 5.29. The van der Waals surface area contributed by atoms with E-state index in [1.807, 2.05) is 12.1 Å². The number of sulfonamides is 1. The minimum atomic E-state index is -4.05. The normalized spacial score (nSPS) is 12.5. The van der Waals surface area contributed by atoms with E-state index in [2.05, 4.69) is 18.8 Å². The van der Waals surface area contributed by atoms with Gasteiger partial charge in [0.1, 0.15) is 22.0 Å². The molecule has 0 spiro atoms. The third-order valence-corrected chi connectivity index (χ3v) is 7.08. The molecule has 164 valence electrons. The van der Waals surface area contributed by atoms with Crippen LogP contribution in [0.1, 0.15) is 17.2 Å². The third kappa shape index (κ3) is 5.13. The number of hydrogen-bond acceptors (Lipinski definition) is 6. The number of benzene rings is 3. The molecule has 0 fully saturated rings. The largest absolute Gasteiger partial charge is 0.354 e. The minimum Gasteiger partial charge on any atom is -0.354 e. The summed E-state index contributed by atoms with van der Waals surface area (Å²) in [6, 6.07) is 19.7. The van der Waals surface area contributed by atoms with Crippen LogP contribution in [0.25, 0.3) is 11.0 Å². The van der Waals surface area contributed by atoms with Crippen molar-refractivity contribution >= 4 is 50.3 Å². The number of aromatic nitrogens is 2. The van der Waals surface area contributed by atoms with E-state index in [1.165, 1.54) is 6.07 Å². The number of carbonyl (C=O) groups excluding carboxylic acids is 1. The van der Waals surface area contributed by atoms with Gasteiger partial charge in [0.15, 0.2) is 0 Å². The lowest BCUT2D eigenvalue weighted by molar-refractivity contribution is -0.122. The minimum absolute atomic E-state index is 0.0151. The molecule has 2 N–H and O–H groups in total. The number of fused-ring (bicyclic) bond motifs is 1. The average Bonchev–Trinajstić information content (AvgIpc) is 3.28. The van der Waals surface area contributed by atoms with Crippen LogP contribution in [0.4, 0.5) is 0 Å². The van der Waals surface area contributed by atoms with Gasteiger partial charge in [-0.25, -0.2) is 8.42 Å².